The molecular formula is C13H23NO3. The summed E-state index contributed by atoms with van der Waals surface area (Å²) in [5, 5.41) is 10.0. The van der Waals surface area contributed by atoms with E-state index in [4.69, 9.17) is 0 Å². The van der Waals surface area contributed by atoms with E-state index in [0.29, 0.717) is 12.8 Å². The molecule has 98 valence electrons. The van der Waals surface area contributed by atoms with E-state index in [9.17, 15) is 14.7 Å². The molecule has 0 spiro atoms. The summed E-state index contributed by atoms with van der Waals surface area (Å²) < 4.78 is 0. The molecule has 17 heavy (non-hydrogen) atoms. The van der Waals surface area contributed by atoms with E-state index in [1.54, 1.807) is 0 Å². The summed E-state index contributed by atoms with van der Waals surface area (Å²) in [6.45, 7) is 6.10. The first kappa shape index (κ1) is 14.2. The lowest BCUT2D eigenvalue weighted by Gasteiger charge is -2.31. The average molecular weight is 241 g/mol. The Kier molecular flexibility index (Phi) is 5.12. The summed E-state index contributed by atoms with van der Waals surface area (Å²) in [6, 6.07) is 0. The van der Waals surface area contributed by atoms with Crippen LogP contribution in [0.4, 0.5) is 0 Å². The van der Waals surface area contributed by atoms with Crippen molar-refractivity contribution in [3.05, 3.63) is 0 Å². The van der Waals surface area contributed by atoms with Crippen LogP contribution in [0, 0.1) is 11.8 Å². The van der Waals surface area contributed by atoms with E-state index in [1.165, 1.54) is 4.90 Å². The largest absolute Gasteiger partial charge is 0.391 e. The number of hydrogen-bond donors (Lipinski definition) is 1. The van der Waals surface area contributed by atoms with Crippen LogP contribution in [0.2, 0.25) is 0 Å². The van der Waals surface area contributed by atoms with Crippen molar-refractivity contribution in [1.82, 2.24) is 4.90 Å². The van der Waals surface area contributed by atoms with Crippen molar-refractivity contribution < 1.29 is 14.7 Å². The molecule has 1 unspecified atom stereocenters. The SMILES string of the molecule is CCC(CC)C(O)CN1C(=O)CC(C)CC1=O. The highest BCUT2D eigenvalue weighted by molar-refractivity contribution is 5.97. The maximum absolute atomic E-state index is 11.7. The van der Waals surface area contributed by atoms with E-state index >= 15 is 0 Å². The standard InChI is InChI=1S/C13H23NO3/c1-4-10(5-2)11(15)8-14-12(16)6-9(3)7-13(14)17/h9-11,15H,4-8H2,1-3H3. The molecule has 0 aliphatic carbocycles. The third kappa shape index (κ3) is 3.53. The number of likely N-dealkylation sites (tertiary alicyclic amines) is 1. The lowest BCUT2D eigenvalue weighted by molar-refractivity contribution is -0.152. The Bertz CT molecular complexity index is 268. The highest BCUT2D eigenvalue weighted by atomic mass is 16.3. The fourth-order valence-electron chi connectivity index (χ4n) is 2.40. The second-order valence-electron chi connectivity index (χ2n) is 5.06. The molecule has 1 fully saturated rings. The third-order valence-corrected chi connectivity index (χ3v) is 3.61. The van der Waals surface area contributed by atoms with Gasteiger partial charge in [0.05, 0.1) is 12.6 Å². The Morgan fingerprint density at radius 1 is 1.24 bits per heavy atom. The Balaban J connectivity index is 2.61. The minimum Gasteiger partial charge on any atom is -0.391 e. The van der Waals surface area contributed by atoms with Gasteiger partial charge in [-0.25, -0.2) is 0 Å². The molecule has 0 aromatic rings. The summed E-state index contributed by atoms with van der Waals surface area (Å²) in [7, 11) is 0. The predicted octanol–water partition coefficient (Wildman–Crippen LogP) is 1.57. The molecule has 0 aromatic carbocycles. The Hall–Kier alpha value is -0.900. The number of hydrogen-bond acceptors (Lipinski definition) is 3. The van der Waals surface area contributed by atoms with E-state index in [0.717, 1.165) is 12.8 Å². The molecule has 4 nitrogen and oxygen atoms in total. The van der Waals surface area contributed by atoms with Crippen LogP contribution < -0.4 is 0 Å². The predicted molar refractivity (Wildman–Crippen MR) is 65.2 cm³/mol. The molecule has 0 aromatic heterocycles. The first-order valence-electron chi connectivity index (χ1n) is 6.50. The Morgan fingerprint density at radius 2 is 1.71 bits per heavy atom. The van der Waals surface area contributed by atoms with E-state index in [1.807, 2.05) is 20.8 Å². The smallest absolute Gasteiger partial charge is 0.229 e. The van der Waals surface area contributed by atoms with Crippen molar-refractivity contribution in [3.8, 4) is 0 Å². The number of imide groups is 1. The molecular weight excluding hydrogens is 218 g/mol. The zero-order valence-electron chi connectivity index (χ0n) is 11.0. The average Bonchev–Trinajstić information content (AvgIpc) is 2.25. The van der Waals surface area contributed by atoms with Crippen LogP contribution in [0.1, 0.15) is 46.5 Å². The fraction of sp³-hybridized carbons (Fsp3) is 0.846. The molecule has 1 N–H and O–H groups in total. The van der Waals surface area contributed by atoms with Gasteiger partial charge in [0.2, 0.25) is 11.8 Å². The van der Waals surface area contributed by atoms with Crippen LogP contribution in [0.5, 0.6) is 0 Å². The monoisotopic (exact) mass is 241 g/mol. The Morgan fingerprint density at radius 3 is 2.12 bits per heavy atom. The van der Waals surface area contributed by atoms with Crippen molar-refractivity contribution >= 4 is 11.8 Å². The highest BCUT2D eigenvalue weighted by Gasteiger charge is 2.32. The maximum atomic E-state index is 11.7. The van der Waals surface area contributed by atoms with E-state index in [-0.39, 0.29) is 30.2 Å². The van der Waals surface area contributed by atoms with Crippen LogP contribution in [-0.2, 0) is 9.59 Å². The molecule has 0 bridgehead atoms. The minimum atomic E-state index is -0.591. The van der Waals surface area contributed by atoms with Crippen molar-refractivity contribution in [3.63, 3.8) is 0 Å². The quantitative estimate of drug-likeness (QED) is 0.743. The van der Waals surface area contributed by atoms with Gasteiger partial charge in [-0.05, 0) is 11.8 Å². The number of piperidine rings is 1. The zero-order chi connectivity index (χ0) is 13.0. The van der Waals surface area contributed by atoms with Crippen LogP contribution in [0.25, 0.3) is 0 Å². The number of amides is 2. The highest BCUT2D eigenvalue weighted by Crippen LogP contribution is 2.21. The topological polar surface area (TPSA) is 57.6 Å². The van der Waals surface area contributed by atoms with Crippen molar-refractivity contribution in [2.24, 2.45) is 11.8 Å². The molecule has 1 aliphatic heterocycles. The van der Waals surface area contributed by atoms with Gasteiger partial charge in [0.15, 0.2) is 0 Å². The van der Waals surface area contributed by atoms with Gasteiger partial charge in [0, 0.05) is 12.8 Å². The zero-order valence-corrected chi connectivity index (χ0v) is 11.0. The number of aliphatic hydroxyl groups excluding tert-OH is 1. The van der Waals surface area contributed by atoms with Crippen molar-refractivity contribution in [1.29, 1.82) is 0 Å². The van der Waals surface area contributed by atoms with Gasteiger partial charge in [-0.15, -0.1) is 0 Å². The van der Waals surface area contributed by atoms with Crippen molar-refractivity contribution in [2.75, 3.05) is 6.54 Å². The maximum Gasteiger partial charge on any atom is 0.229 e. The molecule has 0 saturated carbocycles. The number of rotatable bonds is 5. The van der Waals surface area contributed by atoms with Gasteiger partial charge in [-0.1, -0.05) is 33.6 Å². The molecule has 2 amide bonds. The number of aliphatic hydroxyl groups is 1. The summed E-state index contributed by atoms with van der Waals surface area (Å²) in [4.78, 5) is 24.7. The van der Waals surface area contributed by atoms with Crippen LogP contribution in [0.15, 0.2) is 0 Å². The molecule has 1 heterocycles. The van der Waals surface area contributed by atoms with Gasteiger partial charge in [0.1, 0.15) is 0 Å². The molecule has 1 saturated heterocycles. The molecule has 0 radical (unpaired) electrons. The number of nitrogens with zero attached hydrogens (tertiary/aromatic N) is 1. The number of carbonyl (C=O) groups excluding carboxylic acids is 2. The van der Waals surface area contributed by atoms with Crippen LogP contribution in [-0.4, -0.2) is 34.5 Å². The van der Waals surface area contributed by atoms with Gasteiger partial charge in [-0.3, -0.25) is 14.5 Å². The van der Waals surface area contributed by atoms with Crippen LogP contribution >= 0.6 is 0 Å². The Labute approximate surface area is 103 Å². The van der Waals surface area contributed by atoms with E-state index < -0.39 is 6.10 Å². The number of β-amino-alcohol motifs (C(OH)–C–C–N with tert-alkyl or cyclic N) is 1. The third-order valence-electron chi connectivity index (χ3n) is 3.61. The first-order chi connectivity index (χ1) is 7.99. The normalized spacial score (nSPS) is 20.2. The fourth-order valence-corrected chi connectivity index (χ4v) is 2.40. The molecule has 1 aliphatic rings. The summed E-state index contributed by atoms with van der Waals surface area (Å²) in [5.41, 5.74) is 0. The molecule has 1 rings (SSSR count). The molecule has 4 heteroatoms. The summed E-state index contributed by atoms with van der Waals surface area (Å²) in [5.74, 6) is 0.0176. The second-order valence-corrected chi connectivity index (χ2v) is 5.06. The van der Waals surface area contributed by atoms with Gasteiger partial charge in [0.25, 0.3) is 0 Å². The van der Waals surface area contributed by atoms with Crippen molar-refractivity contribution in [2.45, 2.75) is 52.6 Å². The van der Waals surface area contributed by atoms with Gasteiger partial charge < -0.3 is 5.11 Å². The second kappa shape index (κ2) is 6.15. The first-order valence-corrected chi connectivity index (χ1v) is 6.50. The lowest BCUT2D eigenvalue weighted by atomic mass is 9.93. The summed E-state index contributed by atoms with van der Waals surface area (Å²) in [6.07, 6.45) is 1.98. The minimum absolute atomic E-state index is 0.136. The van der Waals surface area contributed by atoms with E-state index in [2.05, 4.69) is 0 Å². The van der Waals surface area contributed by atoms with Gasteiger partial charge >= 0.3 is 0 Å². The van der Waals surface area contributed by atoms with Crippen LogP contribution in [0.3, 0.4) is 0 Å². The molecule has 1 atom stereocenters. The number of carbonyl (C=O) groups is 2. The summed E-state index contributed by atoms with van der Waals surface area (Å²) >= 11 is 0. The van der Waals surface area contributed by atoms with Gasteiger partial charge in [-0.2, -0.15) is 0 Å². The lowest BCUT2D eigenvalue weighted by Crippen LogP contribution is -2.47.